The van der Waals surface area contributed by atoms with Gasteiger partial charge in [-0.1, -0.05) is 17.7 Å². The van der Waals surface area contributed by atoms with E-state index in [-0.39, 0.29) is 18.9 Å². The van der Waals surface area contributed by atoms with Gasteiger partial charge in [0.05, 0.1) is 24.3 Å². The van der Waals surface area contributed by atoms with E-state index in [0.717, 1.165) is 30.8 Å². The van der Waals surface area contributed by atoms with Crippen molar-refractivity contribution in [3.05, 3.63) is 51.8 Å². The summed E-state index contributed by atoms with van der Waals surface area (Å²) in [7, 11) is 0. The lowest BCUT2D eigenvalue weighted by atomic mass is 9.98. The molecule has 26 heavy (non-hydrogen) atoms. The van der Waals surface area contributed by atoms with Crippen molar-refractivity contribution in [1.29, 1.82) is 0 Å². The fraction of sp³-hybridized carbons (Fsp3) is 0.429. The third kappa shape index (κ3) is 3.39. The Balaban J connectivity index is 1.90. The molecule has 0 bridgehead atoms. The normalized spacial score (nSPS) is 13.5. The Hall–Kier alpha value is -2.56. The van der Waals surface area contributed by atoms with Crippen LogP contribution in [-0.4, -0.2) is 36.4 Å². The van der Waals surface area contributed by atoms with E-state index in [2.05, 4.69) is 35.0 Å². The van der Waals surface area contributed by atoms with Crippen molar-refractivity contribution in [3.63, 3.8) is 0 Å². The number of fused-ring (bicyclic) bond motifs is 1. The maximum absolute atomic E-state index is 13.1. The van der Waals surface area contributed by atoms with E-state index >= 15 is 0 Å². The summed E-state index contributed by atoms with van der Waals surface area (Å²) in [5.74, 6) is -0.490. The number of esters is 1. The first kappa shape index (κ1) is 18.2. The number of anilines is 1. The molecule has 0 spiro atoms. The predicted octanol–water partition coefficient (Wildman–Crippen LogP) is 3.75. The number of nitrogens with zero attached hydrogens (tertiary/aromatic N) is 1. The molecule has 1 N–H and O–H groups in total. The lowest BCUT2D eigenvalue weighted by Crippen LogP contribution is -2.35. The predicted molar refractivity (Wildman–Crippen MR) is 102 cm³/mol. The highest BCUT2D eigenvalue weighted by molar-refractivity contribution is 6.09. The minimum absolute atomic E-state index is 0.0525. The van der Waals surface area contributed by atoms with Gasteiger partial charge in [-0.2, -0.15) is 0 Å². The molecule has 0 saturated heterocycles. The van der Waals surface area contributed by atoms with Crippen molar-refractivity contribution in [2.24, 2.45) is 0 Å². The molecule has 5 nitrogen and oxygen atoms in total. The van der Waals surface area contributed by atoms with Crippen LogP contribution < -0.4 is 4.90 Å². The number of H-pyrrole nitrogens is 1. The number of carbonyl (C=O) groups excluding carboxylic acids is 2. The number of hydrogen-bond acceptors (Lipinski definition) is 4. The van der Waals surface area contributed by atoms with Crippen LogP contribution in [0.25, 0.3) is 0 Å². The molecule has 0 aliphatic carbocycles. The summed E-state index contributed by atoms with van der Waals surface area (Å²) in [5, 5.41) is 0. The highest BCUT2D eigenvalue weighted by Crippen LogP contribution is 2.29. The SMILES string of the molecule is CCOC(=O)c1c(C)[nH]c(C)c1C(=O)CN1CCCc2cc(C)ccc21. The standard InChI is InChI=1S/C21H26N2O3/c1-5-26-21(25)20-15(4)22-14(3)19(20)18(24)12-23-10-6-7-16-11-13(2)8-9-17(16)23/h8-9,11,22H,5-7,10,12H2,1-4H3. The van der Waals surface area contributed by atoms with E-state index in [0.29, 0.717) is 16.8 Å². The Morgan fingerprint density at radius 2 is 1.88 bits per heavy atom. The van der Waals surface area contributed by atoms with Gasteiger partial charge < -0.3 is 14.6 Å². The Morgan fingerprint density at radius 1 is 1.15 bits per heavy atom. The molecule has 0 radical (unpaired) electrons. The Morgan fingerprint density at radius 3 is 2.62 bits per heavy atom. The van der Waals surface area contributed by atoms with Crippen LogP contribution in [0, 0.1) is 20.8 Å². The van der Waals surface area contributed by atoms with Crippen LogP contribution in [0.1, 0.15) is 56.6 Å². The summed E-state index contributed by atoms with van der Waals surface area (Å²) in [5.41, 5.74) is 5.87. The highest BCUT2D eigenvalue weighted by Gasteiger charge is 2.27. The second-order valence-electron chi connectivity index (χ2n) is 6.93. The maximum atomic E-state index is 13.1. The monoisotopic (exact) mass is 354 g/mol. The third-order valence-corrected chi connectivity index (χ3v) is 4.92. The molecule has 2 aromatic rings. The molecule has 1 aromatic carbocycles. The smallest absolute Gasteiger partial charge is 0.340 e. The second-order valence-corrected chi connectivity index (χ2v) is 6.93. The molecule has 0 atom stereocenters. The summed E-state index contributed by atoms with van der Waals surface area (Å²) in [6.07, 6.45) is 2.07. The first-order valence-electron chi connectivity index (χ1n) is 9.16. The molecule has 1 aliphatic heterocycles. The molecule has 2 heterocycles. The highest BCUT2D eigenvalue weighted by atomic mass is 16.5. The minimum Gasteiger partial charge on any atom is -0.462 e. The number of hydrogen-bond donors (Lipinski definition) is 1. The first-order valence-corrected chi connectivity index (χ1v) is 9.16. The summed E-state index contributed by atoms with van der Waals surface area (Å²) in [6.45, 7) is 8.88. The number of ketones is 1. The van der Waals surface area contributed by atoms with Crippen LogP contribution in [0.5, 0.6) is 0 Å². The van der Waals surface area contributed by atoms with Crippen LogP contribution in [0.3, 0.4) is 0 Å². The van der Waals surface area contributed by atoms with Crippen molar-refractivity contribution in [3.8, 4) is 0 Å². The molecule has 1 aromatic heterocycles. The zero-order chi connectivity index (χ0) is 18.8. The minimum atomic E-state index is -0.438. The number of benzene rings is 1. The van der Waals surface area contributed by atoms with Crippen molar-refractivity contribution in [2.75, 3.05) is 24.6 Å². The average Bonchev–Trinajstić information content (AvgIpc) is 2.89. The number of ether oxygens (including phenoxy) is 1. The van der Waals surface area contributed by atoms with Gasteiger partial charge in [0.2, 0.25) is 0 Å². The van der Waals surface area contributed by atoms with Gasteiger partial charge in [-0.3, -0.25) is 4.79 Å². The molecule has 0 saturated carbocycles. The largest absolute Gasteiger partial charge is 0.462 e. The second kappa shape index (κ2) is 7.36. The Kier molecular flexibility index (Phi) is 5.16. The zero-order valence-corrected chi connectivity index (χ0v) is 15.9. The van der Waals surface area contributed by atoms with Gasteiger partial charge in [-0.25, -0.2) is 4.79 Å². The van der Waals surface area contributed by atoms with Gasteiger partial charge in [0.25, 0.3) is 0 Å². The van der Waals surface area contributed by atoms with E-state index in [1.165, 1.54) is 11.1 Å². The van der Waals surface area contributed by atoms with Gasteiger partial charge in [0.15, 0.2) is 5.78 Å². The van der Waals surface area contributed by atoms with Gasteiger partial charge in [-0.15, -0.1) is 0 Å². The molecule has 0 amide bonds. The van der Waals surface area contributed by atoms with Gasteiger partial charge >= 0.3 is 5.97 Å². The summed E-state index contributed by atoms with van der Waals surface area (Å²) in [6, 6.07) is 6.37. The lowest BCUT2D eigenvalue weighted by Gasteiger charge is -2.31. The lowest BCUT2D eigenvalue weighted by molar-refractivity contribution is 0.0522. The maximum Gasteiger partial charge on any atom is 0.340 e. The van der Waals surface area contributed by atoms with Crippen LogP contribution >= 0.6 is 0 Å². The van der Waals surface area contributed by atoms with E-state index in [1.54, 1.807) is 13.8 Å². The van der Waals surface area contributed by atoms with Crippen molar-refractivity contribution >= 4 is 17.4 Å². The zero-order valence-electron chi connectivity index (χ0n) is 15.9. The molecule has 0 fully saturated rings. The van der Waals surface area contributed by atoms with Crippen LogP contribution in [0.4, 0.5) is 5.69 Å². The summed E-state index contributed by atoms with van der Waals surface area (Å²) < 4.78 is 5.15. The van der Waals surface area contributed by atoms with Gasteiger partial charge in [0.1, 0.15) is 0 Å². The van der Waals surface area contributed by atoms with Gasteiger partial charge in [0, 0.05) is 23.6 Å². The van der Waals surface area contributed by atoms with Crippen LogP contribution in [0.15, 0.2) is 18.2 Å². The molecule has 5 heteroatoms. The van der Waals surface area contributed by atoms with Crippen LogP contribution in [-0.2, 0) is 11.2 Å². The summed E-state index contributed by atoms with van der Waals surface area (Å²) in [4.78, 5) is 30.7. The third-order valence-electron chi connectivity index (χ3n) is 4.92. The molecule has 1 aliphatic rings. The quantitative estimate of drug-likeness (QED) is 0.656. The molecule has 138 valence electrons. The number of nitrogens with one attached hydrogen (secondary N) is 1. The number of aromatic amines is 1. The average molecular weight is 354 g/mol. The number of aryl methyl sites for hydroxylation is 4. The number of rotatable bonds is 5. The van der Waals surface area contributed by atoms with Gasteiger partial charge in [-0.05, 0) is 52.2 Å². The number of carbonyl (C=O) groups is 2. The van der Waals surface area contributed by atoms with Crippen LogP contribution in [0.2, 0.25) is 0 Å². The van der Waals surface area contributed by atoms with E-state index in [1.807, 2.05) is 6.92 Å². The fourth-order valence-electron chi connectivity index (χ4n) is 3.81. The molecular weight excluding hydrogens is 328 g/mol. The molecule has 0 unspecified atom stereocenters. The number of Topliss-reactive ketones (excluding diaryl/α,β-unsaturated/α-hetero) is 1. The van der Waals surface area contributed by atoms with Crippen molar-refractivity contribution in [1.82, 2.24) is 4.98 Å². The number of aromatic nitrogens is 1. The molecule has 3 rings (SSSR count). The Bertz CT molecular complexity index is 851. The first-order chi connectivity index (χ1) is 12.4. The summed E-state index contributed by atoms with van der Waals surface area (Å²) >= 11 is 0. The van der Waals surface area contributed by atoms with E-state index < -0.39 is 5.97 Å². The van der Waals surface area contributed by atoms with E-state index in [4.69, 9.17) is 4.74 Å². The molecular formula is C21H26N2O3. The topological polar surface area (TPSA) is 62.4 Å². The Labute approximate surface area is 154 Å². The fourth-order valence-corrected chi connectivity index (χ4v) is 3.81. The van der Waals surface area contributed by atoms with Crippen molar-refractivity contribution in [2.45, 2.75) is 40.5 Å². The van der Waals surface area contributed by atoms with Crippen molar-refractivity contribution < 1.29 is 14.3 Å². The van der Waals surface area contributed by atoms with E-state index in [9.17, 15) is 9.59 Å².